The molecule has 0 saturated carbocycles. The van der Waals surface area contributed by atoms with E-state index >= 15 is 0 Å². The molecule has 1 aromatic carbocycles. The number of phenolic OH excluding ortho intramolecular Hbond substituents is 1. The first-order chi connectivity index (χ1) is 6.45. The molecule has 0 heterocycles. The molecule has 0 amide bonds. The maximum atomic E-state index is 9.51. The second-order valence-corrected chi connectivity index (χ2v) is 4.47. The van der Waals surface area contributed by atoms with Gasteiger partial charge in [0.15, 0.2) is 0 Å². The molecule has 0 aliphatic heterocycles. The van der Waals surface area contributed by atoms with Crippen molar-refractivity contribution < 1.29 is 5.11 Å². The summed E-state index contributed by atoms with van der Waals surface area (Å²) in [6.45, 7) is 7.23. The highest BCUT2D eigenvalue weighted by Gasteiger charge is 2.20. The molecule has 0 unspecified atom stereocenters. The van der Waals surface area contributed by atoms with Crippen molar-refractivity contribution in [2.45, 2.75) is 26.2 Å². The summed E-state index contributed by atoms with van der Waals surface area (Å²) in [7, 11) is 1.94. The predicted molar refractivity (Wildman–Crippen MR) is 59.8 cm³/mol. The van der Waals surface area contributed by atoms with Gasteiger partial charge in [-0.15, -0.1) is 0 Å². The number of aryl methyl sites for hydroxylation is 1. The minimum absolute atomic E-state index is 0.0538. The molecule has 14 heavy (non-hydrogen) atoms. The Morgan fingerprint density at radius 1 is 1.29 bits per heavy atom. The Bertz CT molecular complexity index is 298. The average Bonchev–Trinajstić information content (AvgIpc) is 2.02. The van der Waals surface area contributed by atoms with Crippen LogP contribution in [-0.2, 0) is 5.41 Å². The van der Waals surface area contributed by atoms with Crippen molar-refractivity contribution in [3.05, 3.63) is 29.3 Å². The van der Waals surface area contributed by atoms with Crippen LogP contribution in [0.1, 0.15) is 25.0 Å². The van der Waals surface area contributed by atoms with E-state index in [9.17, 15) is 5.11 Å². The quantitative estimate of drug-likeness (QED) is 0.771. The van der Waals surface area contributed by atoms with E-state index in [0.29, 0.717) is 5.75 Å². The maximum Gasteiger partial charge on any atom is 0.116 e. The Morgan fingerprint density at radius 2 is 1.93 bits per heavy atom. The molecule has 0 spiro atoms. The number of likely N-dealkylation sites (N-methyl/N-ethyl adjacent to an activating group) is 1. The van der Waals surface area contributed by atoms with E-state index < -0.39 is 0 Å². The molecule has 0 fully saturated rings. The first-order valence-electron chi connectivity index (χ1n) is 4.91. The third-order valence-electron chi connectivity index (χ3n) is 2.46. The fourth-order valence-electron chi connectivity index (χ4n) is 1.70. The Kier molecular flexibility index (Phi) is 3.17. The van der Waals surface area contributed by atoms with E-state index in [1.807, 2.05) is 20.0 Å². The van der Waals surface area contributed by atoms with Crippen LogP contribution in [0, 0.1) is 6.92 Å². The topological polar surface area (TPSA) is 32.3 Å². The van der Waals surface area contributed by atoms with Crippen molar-refractivity contribution in [1.29, 1.82) is 0 Å². The van der Waals surface area contributed by atoms with E-state index in [-0.39, 0.29) is 5.41 Å². The van der Waals surface area contributed by atoms with Crippen molar-refractivity contribution in [3.63, 3.8) is 0 Å². The Hall–Kier alpha value is -1.02. The first-order valence-corrected chi connectivity index (χ1v) is 4.91. The standard InChI is InChI=1S/C12H19NO/c1-9-5-10(7-11(14)6-9)12(2,3)8-13-4/h5-7,13-14H,8H2,1-4H3. The SMILES string of the molecule is CNCC(C)(C)c1cc(C)cc(O)c1. The summed E-state index contributed by atoms with van der Waals surface area (Å²) in [6, 6.07) is 5.74. The van der Waals surface area contributed by atoms with Crippen LogP contribution in [0.25, 0.3) is 0 Å². The van der Waals surface area contributed by atoms with Crippen LogP contribution in [-0.4, -0.2) is 18.7 Å². The molecule has 0 aromatic heterocycles. The number of hydrogen-bond donors (Lipinski definition) is 2. The van der Waals surface area contributed by atoms with Crippen molar-refractivity contribution in [1.82, 2.24) is 5.32 Å². The van der Waals surface area contributed by atoms with Crippen molar-refractivity contribution in [3.8, 4) is 5.75 Å². The number of hydrogen-bond acceptors (Lipinski definition) is 2. The molecule has 0 atom stereocenters. The molecular formula is C12H19NO. The molecule has 0 aliphatic rings. The lowest BCUT2D eigenvalue weighted by atomic mass is 9.84. The average molecular weight is 193 g/mol. The van der Waals surface area contributed by atoms with Gasteiger partial charge >= 0.3 is 0 Å². The molecule has 1 rings (SSSR count). The van der Waals surface area contributed by atoms with Gasteiger partial charge < -0.3 is 10.4 Å². The molecule has 2 N–H and O–H groups in total. The van der Waals surface area contributed by atoms with E-state index in [1.54, 1.807) is 6.07 Å². The molecule has 0 saturated heterocycles. The zero-order valence-corrected chi connectivity index (χ0v) is 9.39. The van der Waals surface area contributed by atoms with Crippen LogP contribution < -0.4 is 5.32 Å². The molecule has 78 valence electrons. The summed E-state index contributed by atoms with van der Waals surface area (Å²) in [5.74, 6) is 0.351. The number of benzene rings is 1. The van der Waals surface area contributed by atoms with Gasteiger partial charge in [0.1, 0.15) is 5.75 Å². The Labute approximate surface area is 86.0 Å². The van der Waals surface area contributed by atoms with Gasteiger partial charge in [-0.1, -0.05) is 19.9 Å². The van der Waals surface area contributed by atoms with Crippen LogP contribution >= 0.6 is 0 Å². The van der Waals surface area contributed by atoms with Gasteiger partial charge in [0.2, 0.25) is 0 Å². The minimum Gasteiger partial charge on any atom is -0.508 e. The second kappa shape index (κ2) is 4.01. The van der Waals surface area contributed by atoms with Crippen LogP contribution in [0.2, 0.25) is 0 Å². The molecule has 1 aromatic rings. The summed E-state index contributed by atoms with van der Waals surface area (Å²) >= 11 is 0. The molecular weight excluding hydrogens is 174 g/mol. The van der Waals surface area contributed by atoms with Gasteiger partial charge in [-0.2, -0.15) is 0 Å². The fraction of sp³-hybridized carbons (Fsp3) is 0.500. The Morgan fingerprint density at radius 3 is 2.43 bits per heavy atom. The Balaban J connectivity index is 3.05. The molecule has 2 nitrogen and oxygen atoms in total. The van der Waals surface area contributed by atoms with Gasteiger partial charge in [0, 0.05) is 12.0 Å². The van der Waals surface area contributed by atoms with E-state index in [4.69, 9.17) is 0 Å². The largest absolute Gasteiger partial charge is 0.508 e. The maximum absolute atomic E-state index is 9.51. The van der Waals surface area contributed by atoms with Gasteiger partial charge in [-0.3, -0.25) is 0 Å². The van der Waals surface area contributed by atoms with Crippen molar-refractivity contribution >= 4 is 0 Å². The highest BCUT2D eigenvalue weighted by Crippen LogP contribution is 2.26. The summed E-state index contributed by atoms with van der Waals surface area (Å²) in [6.07, 6.45) is 0. The van der Waals surface area contributed by atoms with E-state index in [1.165, 1.54) is 5.56 Å². The van der Waals surface area contributed by atoms with Crippen LogP contribution in [0.3, 0.4) is 0 Å². The van der Waals surface area contributed by atoms with Gasteiger partial charge in [0.25, 0.3) is 0 Å². The number of rotatable bonds is 3. The zero-order chi connectivity index (χ0) is 10.8. The van der Waals surface area contributed by atoms with Crippen molar-refractivity contribution in [2.24, 2.45) is 0 Å². The zero-order valence-electron chi connectivity index (χ0n) is 9.39. The van der Waals surface area contributed by atoms with Crippen LogP contribution in [0.5, 0.6) is 5.75 Å². The number of phenols is 1. The molecule has 0 radical (unpaired) electrons. The van der Waals surface area contributed by atoms with E-state index in [2.05, 4.69) is 25.2 Å². The predicted octanol–water partition coefficient (Wildman–Crippen LogP) is 2.20. The highest BCUT2D eigenvalue weighted by molar-refractivity contribution is 5.36. The normalized spacial score (nSPS) is 11.7. The molecule has 2 heteroatoms. The lowest BCUT2D eigenvalue weighted by molar-refractivity contribution is 0.462. The number of aromatic hydroxyl groups is 1. The third kappa shape index (κ3) is 2.48. The lowest BCUT2D eigenvalue weighted by Crippen LogP contribution is -2.30. The number of nitrogens with one attached hydrogen (secondary N) is 1. The monoisotopic (exact) mass is 193 g/mol. The molecule has 0 bridgehead atoms. The minimum atomic E-state index is 0.0538. The van der Waals surface area contributed by atoms with Gasteiger partial charge in [0.05, 0.1) is 0 Å². The third-order valence-corrected chi connectivity index (χ3v) is 2.46. The van der Waals surface area contributed by atoms with E-state index in [0.717, 1.165) is 12.1 Å². The fourth-order valence-corrected chi connectivity index (χ4v) is 1.70. The van der Waals surface area contributed by atoms with Crippen molar-refractivity contribution in [2.75, 3.05) is 13.6 Å². The first kappa shape index (κ1) is 11.1. The van der Waals surface area contributed by atoms with Gasteiger partial charge in [-0.05, 0) is 37.2 Å². The highest BCUT2D eigenvalue weighted by atomic mass is 16.3. The van der Waals surface area contributed by atoms with Gasteiger partial charge in [-0.25, -0.2) is 0 Å². The second-order valence-electron chi connectivity index (χ2n) is 4.47. The smallest absolute Gasteiger partial charge is 0.116 e. The summed E-state index contributed by atoms with van der Waals surface area (Å²) in [5, 5.41) is 12.7. The van der Waals surface area contributed by atoms with Crippen LogP contribution in [0.15, 0.2) is 18.2 Å². The summed E-state index contributed by atoms with van der Waals surface area (Å²) in [5.41, 5.74) is 2.33. The van der Waals surface area contributed by atoms with Crippen LogP contribution in [0.4, 0.5) is 0 Å². The lowest BCUT2D eigenvalue weighted by Gasteiger charge is -2.25. The summed E-state index contributed by atoms with van der Waals surface area (Å²) < 4.78 is 0. The molecule has 0 aliphatic carbocycles. The summed E-state index contributed by atoms with van der Waals surface area (Å²) in [4.78, 5) is 0.